The SMILES string of the molecule is CC.COc1cc(C)nnc1C.COc1nc(C)cnc1C. The third-order valence-electron chi connectivity index (χ3n) is 2.50. The van der Waals surface area contributed by atoms with Crippen molar-refractivity contribution in [3.8, 4) is 11.6 Å². The molecule has 0 unspecified atom stereocenters. The second-order valence-electron chi connectivity index (χ2n) is 4.25. The summed E-state index contributed by atoms with van der Waals surface area (Å²) in [5.41, 5.74) is 3.41. The first-order valence-electron chi connectivity index (χ1n) is 7.17. The van der Waals surface area contributed by atoms with E-state index in [9.17, 15) is 0 Å². The van der Waals surface area contributed by atoms with Crippen LogP contribution in [0.5, 0.6) is 11.6 Å². The minimum absolute atomic E-state index is 0.611. The van der Waals surface area contributed by atoms with Crippen LogP contribution in [0.25, 0.3) is 0 Å². The van der Waals surface area contributed by atoms with Gasteiger partial charge in [0.1, 0.15) is 11.4 Å². The van der Waals surface area contributed by atoms with Gasteiger partial charge >= 0.3 is 0 Å². The summed E-state index contributed by atoms with van der Waals surface area (Å²) in [6, 6.07) is 1.86. The van der Waals surface area contributed by atoms with Gasteiger partial charge in [-0.25, -0.2) is 4.98 Å². The summed E-state index contributed by atoms with van der Waals surface area (Å²) in [7, 11) is 3.22. The number of aryl methyl sites for hydroxylation is 4. The van der Waals surface area contributed by atoms with E-state index in [0.717, 1.165) is 28.5 Å². The highest BCUT2D eigenvalue weighted by Crippen LogP contribution is 2.13. The molecule has 0 radical (unpaired) electrons. The Labute approximate surface area is 132 Å². The van der Waals surface area contributed by atoms with Crippen LogP contribution in [0.15, 0.2) is 12.3 Å². The van der Waals surface area contributed by atoms with Crippen molar-refractivity contribution in [2.24, 2.45) is 0 Å². The third-order valence-corrected chi connectivity index (χ3v) is 2.50. The van der Waals surface area contributed by atoms with Crippen molar-refractivity contribution in [3.63, 3.8) is 0 Å². The van der Waals surface area contributed by atoms with Gasteiger partial charge in [0, 0.05) is 12.3 Å². The quantitative estimate of drug-likeness (QED) is 0.848. The number of methoxy groups -OCH3 is 2. The third kappa shape index (κ3) is 6.47. The molecule has 0 fully saturated rings. The monoisotopic (exact) mass is 306 g/mol. The molecule has 6 nitrogen and oxygen atoms in total. The molecule has 0 N–H and O–H groups in total. The molecule has 0 bridgehead atoms. The van der Waals surface area contributed by atoms with Crippen LogP contribution in [0.1, 0.15) is 36.6 Å². The van der Waals surface area contributed by atoms with Crippen molar-refractivity contribution in [2.45, 2.75) is 41.5 Å². The van der Waals surface area contributed by atoms with Crippen LogP contribution in [-0.2, 0) is 0 Å². The van der Waals surface area contributed by atoms with Crippen molar-refractivity contribution in [1.82, 2.24) is 20.2 Å². The van der Waals surface area contributed by atoms with E-state index in [1.165, 1.54) is 0 Å². The molecule has 2 rings (SSSR count). The Kier molecular flexibility index (Phi) is 9.41. The summed E-state index contributed by atoms with van der Waals surface area (Å²) in [5, 5.41) is 7.73. The number of aromatic nitrogens is 4. The zero-order chi connectivity index (χ0) is 17.1. The fourth-order valence-corrected chi connectivity index (χ4v) is 1.44. The molecule has 0 saturated carbocycles. The van der Waals surface area contributed by atoms with E-state index >= 15 is 0 Å². The highest BCUT2D eigenvalue weighted by Gasteiger charge is 1.99. The number of ether oxygens (including phenoxy) is 2. The first-order chi connectivity index (χ1) is 10.5. The van der Waals surface area contributed by atoms with Gasteiger partial charge in [0.15, 0.2) is 0 Å². The first kappa shape index (κ1) is 19.8. The molecule has 0 aliphatic heterocycles. The maximum absolute atomic E-state index is 5.02. The average Bonchev–Trinajstić information content (AvgIpc) is 2.54. The van der Waals surface area contributed by atoms with Gasteiger partial charge in [0.25, 0.3) is 0 Å². The van der Waals surface area contributed by atoms with Crippen LogP contribution in [0.2, 0.25) is 0 Å². The molecule has 0 aromatic carbocycles. The van der Waals surface area contributed by atoms with Crippen LogP contribution in [0, 0.1) is 27.7 Å². The Morgan fingerprint density at radius 2 is 1.45 bits per heavy atom. The van der Waals surface area contributed by atoms with Crippen molar-refractivity contribution in [1.29, 1.82) is 0 Å². The molecular formula is C16H26N4O2. The lowest BCUT2D eigenvalue weighted by atomic mass is 10.3. The van der Waals surface area contributed by atoms with Gasteiger partial charge in [-0.3, -0.25) is 4.98 Å². The molecule has 2 heterocycles. The number of hydrogen-bond donors (Lipinski definition) is 0. The summed E-state index contributed by atoms with van der Waals surface area (Å²) >= 11 is 0. The van der Waals surface area contributed by atoms with E-state index in [4.69, 9.17) is 9.47 Å². The zero-order valence-corrected chi connectivity index (χ0v) is 14.8. The van der Waals surface area contributed by atoms with Crippen LogP contribution in [0.3, 0.4) is 0 Å². The predicted octanol–water partition coefficient (Wildman–Crippen LogP) is 3.23. The minimum Gasteiger partial charge on any atom is -0.495 e. The van der Waals surface area contributed by atoms with E-state index in [0.29, 0.717) is 5.88 Å². The Balaban J connectivity index is 0.000000360. The van der Waals surface area contributed by atoms with Crippen molar-refractivity contribution in [2.75, 3.05) is 14.2 Å². The Bertz CT molecular complexity index is 523. The van der Waals surface area contributed by atoms with E-state index in [1.807, 2.05) is 47.6 Å². The fourth-order valence-electron chi connectivity index (χ4n) is 1.44. The lowest BCUT2D eigenvalue weighted by molar-refractivity contribution is 0.390. The summed E-state index contributed by atoms with van der Waals surface area (Å²) in [4.78, 5) is 8.17. The zero-order valence-electron chi connectivity index (χ0n) is 14.8. The van der Waals surface area contributed by atoms with Gasteiger partial charge in [0.05, 0.1) is 31.3 Å². The maximum Gasteiger partial charge on any atom is 0.235 e. The Morgan fingerprint density at radius 3 is 1.91 bits per heavy atom. The minimum atomic E-state index is 0.611. The Hall–Kier alpha value is -2.24. The van der Waals surface area contributed by atoms with Gasteiger partial charge < -0.3 is 9.47 Å². The van der Waals surface area contributed by atoms with E-state index in [-0.39, 0.29) is 0 Å². The second kappa shape index (κ2) is 10.5. The maximum atomic E-state index is 5.02. The number of hydrogen-bond acceptors (Lipinski definition) is 6. The molecule has 0 atom stereocenters. The van der Waals surface area contributed by atoms with E-state index in [1.54, 1.807) is 20.4 Å². The normalized spacial score (nSPS) is 8.91. The molecule has 0 aliphatic rings. The first-order valence-corrected chi connectivity index (χ1v) is 7.17. The number of rotatable bonds is 2. The van der Waals surface area contributed by atoms with Crippen molar-refractivity contribution >= 4 is 0 Å². The van der Waals surface area contributed by atoms with Gasteiger partial charge in [-0.15, -0.1) is 0 Å². The van der Waals surface area contributed by atoms with Gasteiger partial charge in [-0.05, 0) is 27.7 Å². The van der Waals surface area contributed by atoms with Gasteiger partial charge in [0.2, 0.25) is 5.88 Å². The molecule has 6 heteroatoms. The van der Waals surface area contributed by atoms with Crippen LogP contribution >= 0.6 is 0 Å². The van der Waals surface area contributed by atoms with Gasteiger partial charge in [-0.2, -0.15) is 10.2 Å². The molecule has 22 heavy (non-hydrogen) atoms. The predicted molar refractivity (Wildman–Crippen MR) is 87.5 cm³/mol. The molecule has 122 valence electrons. The van der Waals surface area contributed by atoms with Crippen LogP contribution in [-0.4, -0.2) is 34.4 Å². The lowest BCUT2D eigenvalue weighted by Gasteiger charge is -2.01. The summed E-state index contributed by atoms with van der Waals surface area (Å²) in [6.07, 6.45) is 1.72. The standard InChI is InChI=1S/2C7H10N2O.C2H6/c1-5-4-8-6(2)7(9-5)10-3;1-5-4-7(10-3)6(2)9-8-5;1-2/h2*4H,1-3H3;1-2H3. The van der Waals surface area contributed by atoms with Crippen molar-refractivity contribution < 1.29 is 9.47 Å². The summed E-state index contributed by atoms with van der Waals surface area (Å²) in [5.74, 6) is 1.41. The topological polar surface area (TPSA) is 70.0 Å². The Morgan fingerprint density at radius 1 is 0.818 bits per heavy atom. The van der Waals surface area contributed by atoms with Gasteiger partial charge in [-0.1, -0.05) is 13.8 Å². The highest BCUT2D eigenvalue weighted by molar-refractivity contribution is 5.26. The van der Waals surface area contributed by atoms with E-state index in [2.05, 4.69) is 20.2 Å². The summed E-state index contributed by atoms with van der Waals surface area (Å²) in [6.45, 7) is 11.5. The smallest absolute Gasteiger partial charge is 0.235 e. The second-order valence-corrected chi connectivity index (χ2v) is 4.25. The molecule has 0 aliphatic carbocycles. The average molecular weight is 306 g/mol. The number of nitrogens with zero attached hydrogens (tertiary/aromatic N) is 4. The fraction of sp³-hybridized carbons (Fsp3) is 0.500. The van der Waals surface area contributed by atoms with Crippen LogP contribution in [0.4, 0.5) is 0 Å². The lowest BCUT2D eigenvalue weighted by Crippen LogP contribution is -1.95. The molecule has 0 spiro atoms. The highest BCUT2D eigenvalue weighted by atomic mass is 16.5. The largest absolute Gasteiger partial charge is 0.495 e. The molecule has 2 aromatic rings. The summed E-state index contributed by atoms with van der Waals surface area (Å²) < 4.78 is 9.98. The molecule has 0 saturated heterocycles. The van der Waals surface area contributed by atoms with Crippen molar-refractivity contribution in [3.05, 3.63) is 35.0 Å². The van der Waals surface area contributed by atoms with Crippen LogP contribution < -0.4 is 9.47 Å². The molecule has 0 amide bonds. The molecule has 2 aromatic heterocycles. The van der Waals surface area contributed by atoms with E-state index < -0.39 is 0 Å². The molecular weight excluding hydrogens is 280 g/mol.